The second-order valence-electron chi connectivity index (χ2n) is 28.0. The number of aliphatic hydroxyl groups excluding tert-OH is 8. The molecule has 0 aliphatic carbocycles. The van der Waals surface area contributed by atoms with Crippen molar-refractivity contribution in [3.8, 4) is 0 Å². The van der Waals surface area contributed by atoms with Crippen LogP contribution in [0.3, 0.4) is 0 Å². The Labute approximate surface area is 584 Å². The maximum Gasteiger partial charge on any atom is 0.330 e. The number of aromatic amines is 4. The molecular formula is C62H103N11O20P4S2. The van der Waals surface area contributed by atoms with Gasteiger partial charge in [-0.05, 0) is 142 Å². The van der Waals surface area contributed by atoms with Gasteiger partial charge < -0.3 is 75.8 Å². The maximum absolute atomic E-state index is 12.1. The first-order valence-electron chi connectivity index (χ1n) is 32.0. The van der Waals surface area contributed by atoms with Gasteiger partial charge in [0.05, 0.1) is 35.5 Å². The van der Waals surface area contributed by atoms with Crippen LogP contribution in [0.25, 0.3) is 0 Å². The van der Waals surface area contributed by atoms with E-state index >= 15 is 0 Å². The standard InChI is InChI=1S/C16H26N3O6P.C16H26N3O5PS.C15H26N3O5P.C15H25N2O4PS/c1-9(20)17-7-10-8-19(16(24)18-14(10)23)15-13(22)12(21)11(25-15)5-6-26(2,3)4;1-9(20)17-7-10-8-19(16(26)18-14(10)23)15-13(22)12(21)11(24-15)5-6-25(2,3)4;1-16-7-9-8-18(15(22)17-13(9)21)14-12(20)11(19)10(23-14)5-6-24(2,3)4;1-5-9-8-17(15(23)16-13(9)20)14-12(19)11(18)10(21-14)6-7-22(2,3)4/h8,11-13,15,21-22H,2,5-7H2,1,3-4H3,(H,17,20)(H,18,23,24);8,11-13,15,21-22H,2,5-7H2,1,3-4H3,(H,17,20)(H,18,23,26);8,10-12,14,16,19-20H,2,5-7H2,1,3-4H3,(H,17,21,22);8,10-12,14,18-19H,2,5-7H2,1,3-4H3,(H,16,20,23)/t2*11-,12-,13-,15-;2*10-,11-,12-,14-/m1111/s1. The second-order valence-corrected chi connectivity index (χ2v) is 46.0. The first kappa shape index (κ1) is 84.8. The van der Waals surface area contributed by atoms with Crippen LogP contribution in [0.5, 0.6) is 0 Å². The molecule has 4 saturated heterocycles. The Bertz CT molecular complexity index is 4030. The molecular weight excluding hydrogens is 1410 g/mol. The predicted molar refractivity (Wildman–Crippen MR) is 397 cm³/mol. The molecule has 8 rings (SSSR count). The van der Waals surface area contributed by atoms with E-state index < -0.39 is 154 Å². The van der Waals surface area contributed by atoms with Gasteiger partial charge in [0.15, 0.2) is 34.5 Å². The van der Waals surface area contributed by atoms with Gasteiger partial charge in [0.25, 0.3) is 22.2 Å². The number of hydrogen-bond donors (Lipinski definition) is 15. The number of aliphatic hydroxyl groups is 8. The molecule has 0 saturated carbocycles. The lowest BCUT2D eigenvalue weighted by Crippen LogP contribution is -2.39. The molecule has 37 heteroatoms. The van der Waals surface area contributed by atoms with Crippen LogP contribution in [0, 0.1) is 9.54 Å². The predicted octanol–water partition coefficient (Wildman–Crippen LogP) is -0.687. The number of aromatic nitrogens is 8. The molecule has 0 unspecified atom stereocenters. The highest BCUT2D eigenvalue weighted by molar-refractivity contribution is 7.73. The van der Waals surface area contributed by atoms with Crippen molar-refractivity contribution in [1.82, 2.24) is 54.2 Å². The van der Waals surface area contributed by atoms with Crippen LogP contribution < -0.4 is 49.6 Å². The fourth-order valence-electron chi connectivity index (χ4n) is 10.8. The van der Waals surface area contributed by atoms with Crippen LogP contribution in [0.2, 0.25) is 0 Å². The quantitative estimate of drug-likeness (QED) is 0.0323. The van der Waals surface area contributed by atoms with Gasteiger partial charge >= 0.3 is 11.4 Å². The summed E-state index contributed by atoms with van der Waals surface area (Å²) < 4.78 is 28.5. The Morgan fingerprint density at radius 2 is 0.677 bits per heavy atom. The molecule has 0 aromatic carbocycles. The molecule has 31 nitrogen and oxygen atoms in total. The van der Waals surface area contributed by atoms with Crippen LogP contribution in [0.4, 0.5) is 0 Å². The van der Waals surface area contributed by atoms with E-state index in [1.807, 2.05) is 6.92 Å². The zero-order valence-electron chi connectivity index (χ0n) is 58.2. The second kappa shape index (κ2) is 36.1. The van der Waals surface area contributed by atoms with Crippen molar-refractivity contribution in [1.29, 1.82) is 0 Å². The van der Waals surface area contributed by atoms with E-state index in [-0.39, 0.29) is 57.7 Å². The third-order valence-corrected chi connectivity index (χ3v) is 23.0. The molecule has 0 radical (unpaired) electrons. The van der Waals surface area contributed by atoms with Crippen molar-refractivity contribution in [2.75, 3.05) is 85.0 Å². The van der Waals surface area contributed by atoms with Gasteiger partial charge in [0.2, 0.25) is 11.8 Å². The zero-order valence-corrected chi connectivity index (χ0v) is 63.4. The van der Waals surface area contributed by atoms with Crippen LogP contribution in [0.15, 0.2) is 53.6 Å². The molecule has 4 aromatic rings. The number of carbonyl (C=O) groups excluding carboxylic acids is 2. The topological polar surface area (TPSA) is 454 Å². The van der Waals surface area contributed by atoms with E-state index in [4.69, 9.17) is 43.4 Å². The molecule has 4 fully saturated rings. The number of nitrogens with one attached hydrogen (secondary N) is 7. The maximum atomic E-state index is 12.1. The van der Waals surface area contributed by atoms with Gasteiger partial charge in [0.1, 0.15) is 48.8 Å². The molecule has 4 aliphatic rings. The van der Waals surface area contributed by atoms with Crippen molar-refractivity contribution >= 4 is 89.0 Å². The molecule has 4 aliphatic heterocycles. The first-order valence-corrected chi connectivity index (χ1v) is 45.1. The highest BCUT2D eigenvalue weighted by Crippen LogP contribution is 2.43. The molecule has 0 bridgehead atoms. The van der Waals surface area contributed by atoms with Crippen molar-refractivity contribution in [3.05, 3.63) is 119 Å². The minimum atomic E-state index is -1.33. The molecule has 16 atom stereocenters. The summed E-state index contributed by atoms with van der Waals surface area (Å²) in [6.07, 6.45) is 13.0. The largest absolute Gasteiger partial charge is 0.388 e. The van der Waals surface area contributed by atoms with E-state index in [0.717, 1.165) is 33.8 Å². The molecule has 8 heterocycles. The first-order chi connectivity index (χ1) is 45.8. The molecule has 558 valence electrons. The van der Waals surface area contributed by atoms with Crippen LogP contribution >= 0.6 is 52.0 Å². The summed E-state index contributed by atoms with van der Waals surface area (Å²) >= 11 is 10.3. The Morgan fingerprint density at radius 1 is 0.434 bits per heavy atom. The van der Waals surface area contributed by atoms with Gasteiger partial charge in [-0.2, -0.15) is 0 Å². The number of carbonyl (C=O) groups is 2. The number of nitrogens with zero attached hydrogens (tertiary/aromatic N) is 4. The lowest BCUT2D eigenvalue weighted by molar-refractivity contribution is -0.120. The number of ether oxygens (including phenoxy) is 4. The van der Waals surface area contributed by atoms with Crippen molar-refractivity contribution in [2.45, 2.75) is 171 Å². The fourth-order valence-corrected chi connectivity index (χ4v) is 15.1. The van der Waals surface area contributed by atoms with Crippen molar-refractivity contribution in [3.63, 3.8) is 0 Å². The summed E-state index contributed by atoms with van der Waals surface area (Å²) in [6, 6.07) is 0. The van der Waals surface area contributed by atoms with E-state index in [1.54, 1.807) is 13.2 Å². The summed E-state index contributed by atoms with van der Waals surface area (Å²) in [4.78, 5) is 103. The average molecular weight is 1510 g/mol. The lowest BCUT2D eigenvalue weighted by atomic mass is 10.1. The molecule has 0 spiro atoms. The minimum Gasteiger partial charge on any atom is -0.388 e. The highest BCUT2D eigenvalue weighted by Gasteiger charge is 2.47. The van der Waals surface area contributed by atoms with E-state index in [2.05, 4.69) is 114 Å². The normalized spacial score (nSPS) is 26.9. The molecule has 15 N–H and O–H groups in total. The third kappa shape index (κ3) is 24.4. The Hall–Kier alpha value is -4.82. The number of hydrogen-bond acceptors (Lipinski definition) is 23. The fraction of sp³-hybridized carbons (Fsp3) is 0.645. The Balaban J connectivity index is 0.000000238. The zero-order chi connectivity index (χ0) is 74.7. The average Bonchev–Trinajstić information content (AvgIpc) is 1.71. The summed E-state index contributed by atoms with van der Waals surface area (Å²) in [7, 11) is 1.68. The van der Waals surface area contributed by atoms with Gasteiger partial charge in [-0.15, -0.1) is 52.7 Å². The van der Waals surface area contributed by atoms with Gasteiger partial charge in [-0.1, -0.05) is 6.92 Å². The van der Waals surface area contributed by atoms with Crippen LogP contribution in [-0.2, 0) is 54.6 Å². The number of aryl methyl sites for hydroxylation is 1. The minimum absolute atomic E-state index is 0.0231. The summed E-state index contributed by atoms with van der Waals surface area (Å²) in [5.74, 6) is -0.598. The summed E-state index contributed by atoms with van der Waals surface area (Å²) in [6.45, 7) is 16.3. The van der Waals surface area contributed by atoms with Crippen molar-refractivity contribution in [2.24, 2.45) is 0 Å². The molecule has 99 heavy (non-hydrogen) atoms. The highest BCUT2D eigenvalue weighted by atomic mass is 32.1. The van der Waals surface area contributed by atoms with E-state index in [9.17, 15) is 79.2 Å². The number of amides is 2. The molecule has 4 aromatic heterocycles. The van der Waals surface area contributed by atoms with Crippen LogP contribution in [-0.4, -0.2) is 274 Å². The smallest absolute Gasteiger partial charge is 0.330 e. The Morgan fingerprint density at radius 3 is 0.939 bits per heavy atom. The van der Waals surface area contributed by atoms with E-state index in [0.29, 0.717) is 43.2 Å². The summed E-state index contributed by atoms with van der Waals surface area (Å²) in [5.41, 5.74) is -1.91. The number of rotatable bonds is 23. The van der Waals surface area contributed by atoms with Gasteiger partial charge in [0, 0.05) is 69.4 Å². The summed E-state index contributed by atoms with van der Waals surface area (Å²) in [5, 5.41) is 90.2. The van der Waals surface area contributed by atoms with Gasteiger partial charge in [-0.25, -0.2) is 9.59 Å². The monoisotopic (exact) mass is 1510 g/mol. The van der Waals surface area contributed by atoms with Gasteiger partial charge in [-0.3, -0.25) is 67.0 Å². The number of H-pyrrole nitrogens is 4. The van der Waals surface area contributed by atoms with E-state index in [1.165, 1.54) is 41.6 Å². The Kier molecular flexibility index (Phi) is 30.9. The SMILES string of the molecule is C=P(C)(C)CC[C@H]1O[C@@H](n2cc(CC)c(=O)[nH]c2=S)[C@H](O)[C@@H]1O.C=P(C)(C)CC[C@H]1O[C@@H](n2cc(CNC(C)=O)c(=O)[nH]c2=O)[C@H](O)[C@@H]1O.C=P(C)(C)CC[C@H]1O[C@@H](n2cc(CNC(C)=O)c(=O)[nH]c2=S)[C@H](O)[C@@H]1O.C=P(C)(C)CC[C@H]1O[C@@H](n2cc(CNC)c(=O)[nH]c2=O)[C@H](O)[C@@H]1O. The van der Waals surface area contributed by atoms with Crippen molar-refractivity contribution < 1.29 is 69.4 Å². The van der Waals surface area contributed by atoms with Crippen LogP contribution in [0.1, 0.15) is 93.6 Å². The third-order valence-electron chi connectivity index (χ3n) is 16.5. The lowest BCUT2D eigenvalue weighted by Gasteiger charge is -2.20. The molecule has 2 amide bonds.